The van der Waals surface area contributed by atoms with Crippen LogP contribution in [0.25, 0.3) is 5.69 Å². The number of hydrogen-bond acceptors (Lipinski definition) is 6. The van der Waals surface area contributed by atoms with Crippen LogP contribution < -0.4 is 10.1 Å². The third-order valence-corrected chi connectivity index (χ3v) is 5.14. The van der Waals surface area contributed by atoms with Crippen molar-refractivity contribution < 1.29 is 22.7 Å². The number of alkyl halides is 3. The molecule has 3 rings (SSSR count). The molecule has 27 heavy (non-hydrogen) atoms. The van der Waals surface area contributed by atoms with E-state index < -0.39 is 11.6 Å². The van der Waals surface area contributed by atoms with Crippen molar-refractivity contribution in [2.24, 2.45) is 0 Å². The minimum atomic E-state index is -4.75. The van der Waals surface area contributed by atoms with Crippen LogP contribution in [0.5, 0.6) is 5.75 Å². The van der Waals surface area contributed by atoms with Gasteiger partial charge in [-0.2, -0.15) is 4.68 Å². The SMILES string of the molecule is C[C@@H](Sc1nnnn1-c1ccc(OC(F)(F)F)cc1)C(=O)NC1CCCC1. The molecule has 146 valence electrons. The van der Waals surface area contributed by atoms with Gasteiger partial charge in [0.2, 0.25) is 11.1 Å². The van der Waals surface area contributed by atoms with E-state index in [9.17, 15) is 18.0 Å². The number of hydrogen-bond donors (Lipinski definition) is 1. The first kappa shape index (κ1) is 19.5. The summed E-state index contributed by atoms with van der Waals surface area (Å²) in [6.45, 7) is 1.76. The first-order valence-corrected chi connectivity index (χ1v) is 9.31. The molecule has 1 heterocycles. The van der Waals surface area contributed by atoms with Crippen LogP contribution in [0.1, 0.15) is 32.6 Å². The van der Waals surface area contributed by atoms with E-state index in [1.165, 1.54) is 40.7 Å². The highest BCUT2D eigenvalue weighted by atomic mass is 32.2. The van der Waals surface area contributed by atoms with E-state index in [-0.39, 0.29) is 17.7 Å². The van der Waals surface area contributed by atoms with Gasteiger partial charge in [0.05, 0.1) is 10.9 Å². The molecule has 0 aliphatic heterocycles. The molecule has 1 saturated carbocycles. The number of nitrogens with one attached hydrogen (secondary N) is 1. The Hall–Kier alpha value is -2.30. The molecule has 1 N–H and O–H groups in total. The molecule has 1 aliphatic carbocycles. The number of benzene rings is 1. The molecule has 1 atom stereocenters. The summed E-state index contributed by atoms with van der Waals surface area (Å²) >= 11 is 1.18. The number of carbonyl (C=O) groups excluding carboxylic acids is 1. The van der Waals surface area contributed by atoms with Crippen molar-refractivity contribution in [1.82, 2.24) is 25.5 Å². The second-order valence-electron chi connectivity index (χ2n) is 6.17. The van der Waals surface area contributed by atoms with Crippen molar-refractivity contribution in [3.05, 3.63) is 24.3 Å². The van der Waals surface area contributed by atoms with Gasteiger partial charge >= 0.3 is 6.36 Å². The topological polar surface area (TPSA) is 81.9 Å². The van der Waals surface area contributed by atoms with E-state index in [1.807, 2.05) is 0 Å². The van der Waals surface area contributed by atoms with Crippen molar-refractivity contribution in [2.45, 2.75) is 55.4 Å². The van der Waals surface area contributed by atoms with E-state index in [0.29, 0.717) is 10.8 Å². The zero-order valence-corrected chi connectivity index (χ0v) is 15.3. The van der Waals surface area contributed by atoms with Crippen LogP contribution in [0.4, 0.5) is 13.2 Å². The number of aromatic nitrogens is 4. The van der Waals surface area contributed by atoms with Crippen molar-refractivity contribution >= 4 is 17.7 Å². The summed E-state index contributed by atoms with van der Waals surface area (Å²) in [5, 5.41) is 14.3. The number of rotatable bonds is 6. The van der Waals surface area contributed by atoms with Gasteiger partial charge in [0.15, 0.2) is 0 Å². The molecule has 1 fully saturated rings. The third-order valence-electron chi connectivity index (χ3n) is 4.11. The summed E-state index contributed by atoms with van der Waals surface area (Å²) in [7, 11) is 0. The fraction of sp³-hybridized carbons (Fsp3) is 0.500. The Kier molecular flexibility index (Phi) is 5.88. The number of halogens is 3. The summed E-state index contributed by atoms with van der Waals surface area (Å²) in [6.07, 6.45) is -0.516. The Bertz CT molecular complexity index is 775. The molecule has 0 bridgehead atoms. The third kappa shape index (κ3) is 5.34. The second-order valence-corrected chi connectivity index (χ2v) is 7.47. The molecule has 11 heteroatoms. The molecule has 1 amide bonds. The summed E-state index contributed by atoms with van der Waals surface area (Å²) in [5.41, 5.74) is 0.459. The van der Waals surface area contributed by atoms with Gasteiger partial charge in [0.1, 0.15) is 5.75 Å². The lowest BCUT2D eigenvalue weighted by Gasteiger charge is -2.16. The lowest BCUT2D eigenvalue weighted by atomic mass is 10.2. The van der Waals surface area contributed by atoms with Gasteiger partial charge in [-0.3, -0.25) is 4.79 Å². The van der Waals surface area contributed by atoms with Crippen molar-refractivity contribution in [1.29, 1.82) is 0 Å². The first-order valence-electron chi connectivity index (χ1n) is 8.43. The van der Waals surface area contributed by atoms with E-state index in [1.54, 1.807) is 6.92 Å². The van der Waals surface area contributed by atoms with Crippen LogP contribution in [-0.4, -0.2) is 43.8 Å². The fourth-order valence-electron chi connectivity index (χ4n) is 2.80. The first-order chi connectivity index (χ1) is 12.8. The van der Waals surface area contributed by atoms with Gasteiger partial charge in [0, 0.05) is 6.04 Å². The predicted molar refractivity (Wildman–Crippen MR) is 91.6 cm³/mol. The van der Waals surface area contributed by atoms with Crippen LogP contribution >= 0.6 is 11.8 Å². The zero-order chi connectivity index (χ0) is 19.4. The van der Waals surface area contributed by atoms with Gasteiger partial charge < -0.3 is 10.1 Å². The van der Waals surface area contributed by atoms with Gasteiger partial charge in [-0.25, -0.2) is 0 Å². The molecule has 0 unspecified atom stereocenters. The normalized spacial score (nSPS) is 16.3. The van der Waals surface area contributed by atoms with E-state index >= 15 is 0 Å². The Labute approximate surface area is 157 Å². The van der Waals surface area contributed by atoms with E-state index in [2.05, 4.69) is 25.6 Å². The molecule has 0 saturated heterocycles. The average Bonchev–Trinajstić information content (AvgIpc) is 3.26. The number of amides is 1. The standard InChI is InChI=1S/C16H18F3N5O2S/c1-10(14(25)20-11-4-2-3-5-11)27-15-21-22-23-24(15)12-6-8-13(9-7-12)26-16(17,18)19/h6-11H,2-5H2,1H3,(H,20,25)/t10-/m1/s1. The number of nitrogens with zero attached hydrogens (tertiary/aromatic N) is 4. The largest absolute Gasteiger partial charge is 0.573 e. The molecule has 0 radical (unpaired) electrons. The summed E-state index contributed by atoms with van der Waals surface area (Å²) < 4.78 is 41.9. The minimum Gasteiger partial charge on any atom is -0.406 e. The maximum absolute atomic E-state index is 12.3. The Morgan fingerprint density at radius 3 is 2.59 bits per heavy atom. The lowest BCUT2D eigenvalue weighted by molar-refractivity contribution is -0.274. The molecule has 1 aliphatic rings. The maximum atomic E-state index is 12.3. The Morgan fingerprint density at radius 2 is 1.96 bits per heavy atom. The monoisotopic (exact) mass is 401 g/mol. The van der Waals surface area contributed by atoms with Crippen molar-refractivity contribution in [3.8, 4) is 11.4 Å². The van der Waals surface area contributed by atoms with Crippen molar-refractivity contribution in [3.63, 3.8) is 0 Å². The molecule has 1 aromatic heterocycles. The highest BCUT2D eigenvalue weighted by molar-refractivity contribution is 8.00. The quantitative estimate of drug-likeness (QED) is 0.749. The number of thioether (sulfide) groups is 1. The lowest BCUT2D eigenvalue weighted by Crippen LogP contribution is -2.37. The highest BCUT2D eigenvalue weighted by Gasteiger charge is 2.31. The fourth-order valence-corrected chi connectivity index (χ4v) is 3.62. The van der Waals surface area contributed by atoms with Crippen LogP contribution in [0, 0.1) is 0 Å². The van der Waals surface area contributed by atoms with Crippen LogP contribution in [0.2, 0.25) is 0 Å². The molecule has 0 spiro atoms. The molecule has 2 aromatic rings. The molecule has 7 nitrogen and oxygen atoms in total. The Morgan fingerprint density at radius 1 is 1.30 bits per heavy atom. The molecular weight excluding hydrogens is 383 g/mol. The summed E-state index contributed by atoms with van der Waals surface area (Å²) in [4.78, 5) is 12.3. The van der Waals surface area contributed by atoms with E-state index in [4.69, 9.17) is 0 Å². The van der Waals surface area contributed by atoms with Crippen molar-refractivity contribution in [2.75, 3.05) is 0 Å². The van der Waals surface area contributed by atoms with Gasteiger partial charge in [-0.1, -0.05) is 24.6 Å². The summed E-state index contributed by atoms with van der Waals surface area (Å²) in [5.74, 6) is -0.423. The molecular formula is C16H18F3N5O2S. The summed E-state index contributed by atoms with van der Waals surface area (Å²) in [6, 6.07) is 5.39. The zero-order valence-electron chi connectivity index (χ0n) is 14.4. The predicted octanol–water partition coefficient (Wildman–Crippen LogP) is 3.10. The van der Waals surface area contributed by atoms with Gasteiger partial charge in [-0.05, 0) is 54.5 Å². The van der Waals surface area contributed by atoms with E-state index in [0.717, 1.165) is 25.7 Å². The Balaban J connectivity index is 1.65. The molecule has 1 aromatic carbocycles. The highest BCUT2D eigenvalue weighted by Crippen LogP contribution is 2.27. The van der Waals surface area contributed by atoms with Gasteiger partial charge in [0.25, 0.3) is 0 Å². The van der Waals surface area contributed by atoms with Crippen LogP contribution in [0.3, 0.4) is 0 Å². The number of carbonyl (C=O) groups is 1. The van der Waals surface area contributed by atoms with Crippen LogP contribution in [-0.2, 0) is 4.79 Å². The average molecular weight is 401 g/mol. The van der Waals surface area contributed by atoms with Crippen LogP contribution in [0.15, 0.2) is 29.4 Å². The second kappa shape index (κ2) is 8.15. The maximum Gasteiger partial charge on any atom is 0.573 e. The number of ether oxygens (including phenoxy) is 1. The van der Waals surface area contributed by atoms with Gasteiger partial charge in [-0.15, -0.1) is 18.3 Å². The number of tetrazole rings is 1. The smallest absolute Gasteiger partial charge is 0.406 e. The minimum absolute atomic E-state index is 0.0876.